The highest BCUT2D eigenvalue weighted by Crippen LogP contribution is 2.35. The van der Waals surface area contributed by atoms with Crippen molar-refractivity contribution in [2.45, 2.75) is 24.5 Å². The topological polar surface area (TPSA) is 123 Å². The number of esters is 3. The molecular formula is C30H24N2O8. The lowest BCUT2D eigenvalue weighted by Gasteiger charge is -2.25. The zero-order chi connectivity index (χ0) is 27.9. The molecule has 10 heteroatoms. The van der Waals surface area contributed by atoms with E-state index in [9.17, 15) is 19.2 Å². The van der Waals surface area contributed by atoms with E-state index in [2.05, 4.69) is 4.98 Å². The zero-order valence-corrected chi connectivity index (χ0v) is 21.1. The molecule has 0 unspecified atom stereocenters. The van der Waals surface area contributed by atoms with Crippen LogP contribution in [0.5, 0.6) is 0 Å². The van der Waals surface area contributed by atoms with Gasteiger partial charge in [-0.1, -0.05) is 54.6 Å². The molecule has 0 saturated carbocycles. The Kier molecular flexibility index (Phi) is 8.07. The van der Waals surface area contributed by atoms with Gasteiger partial charge in [0.25, 0.3) is 5.56 Å². The van der Waals surface area contributed by atoms with Crippen LogP contribution in [0.4, 0.5) is 0 Å². The van der Waals surface area contributed by atoms with Crippen molar-refractivity contribution < 1.29 is 33.3 Å². The van der Waals surface area contributed by atoms with E-state index in [1.807, 2.05) is 0 Å². The highest BCUT2D eigenvalue weighted by molar-refractivity contribution is 5.91. The van der Waals surface area contributed by atoms with Gasteiger partial charge >= 0.3 is 17.9 Å². The Hall–Kier alpha value is -5.09. The highest BCUT2D eigenvalue weighted by atomic mass is 16.7. The number of nitrogens with zero attached hydrogens (tertiary/aromatic N) is 2. The quantitative estimate of drug-likeness (QED) is 0.244. The van der Waals surface area contributed by atoms with Gasteiger partial charge in [-0.15, -0.1) is 0 Å². The Morgan fingerprint density at radius 2 is 1.20 bits per heavy atom. The second kappa shape index (κ2) is 12.2. The summed E-state index contributed by atoms with van der Waals surface area (Å²) in [5, 5.41) is 0. The first kappa shape index (κ1) is 26.5. The highest BCUT2D eigenvalue weighted by Gasteiger charge is 2.51. The van der Waals surface area contributed by atoms with Gasteiger partial charge in [0.15, 0.2) is 18.4 Å². The van der Waals surface area contributed by atoms with E-state index < -0.39 is 48.0 Å². The fourth-order valence-electron chi connectivity index (χ4n) is 4.20. The molecule has 1 saturated heterocycles. The van der Waals surface area contributed by atoms with Gasteiger partial charge in [0.2, 0.25) is 0 Å². The fourth-order valence-corrected chi connectivity index (χ4v) is 4.20. The zero-order valence-electron chi connectivity index (χ0n) is 21.1. The number of benzene rings is 3. The molecule has 1 aliphatic heterocycles. The van der Waals surface area contributed by atoms with Gasteiger partial charge in [-0.05, 0) is 36.4 Å². The van der Waals surface area contributed by atoms with E-state index in [1.165, 1.54) is 23.2 Å². The van der Waals surface area contributed by atoms with Gasteiger partial charge in [0, 0.05) is 12.3 Å². The van der Waals surface area contributed by atoms with E-state index in [1.54, 1.807) is 91.0 Å². The molecule has 4 aromatic rings. The van der Waals surface area contributed by atoms with Crippen LogP contribution in [0.2, 0.25) is 0 Å². The number of hydrogen-bond acceptors (Lipinski definition) is 9. The molecule has 0 bridgehead atoms. The van der Waals surface area contributed by atoms with Crippen LogP contribution in [0.1, 0.15) is 37.3 Å². The summed E-state index contributed by atoms with van der Waals surface area (Å²) in [6, 6.07) is 26.2. The molecule has 0 aliphatic carbocycles. The first-order valence-electron chi connectivity index (χ1n) is 12.4. The van der Waals surface area contributed by atoms with Crippen molar-refractivity contribution in [2.24, 2.45) is 0 Å². The molecule has 202 valence electrons. The third kappa shape index (κ3) is 6.13. The first-order valence-corrected chi connectivity index (χ1v) is 12.4. The summed E-state index contributed by atoms with van der Waals surface area (Å²) in [5.41, 5.74) is 0.384. The Balaban J connectivity index is 1.46. The van der Waals surface area contributed by atoms with Crippen molar-refractivity contribution in [3.63, 3.8) is 0 Å². The number of aromatic nitrogens is 2. The second-order valence-corrected chi connectivity index (χ2v) is 8.85. The summed E-state index contributed by atoms with van der Waals surface area (Å²) in [4.78, 5) is 54.3. The van der Waals surface area contributed by atoms with Gasteiger partial charge in [-0.3, -0.25) is 4.79 Å². The standard InChI is InChI=1S/C30H24N2O8/c33-24-16-17-32(19-31-24)27-26(40-30(36)22-14-8-3-9-15-22)25(39-29(35)21-12-6-2-7-13-21)23(38-27)18-37-28(34)20-10-4-1-5-11-20/h1-17,19,23,25-27H,18H2/t23-,25-,26-,27-/m1/s1. The van der Waals surface area contributed by atoms with Crippen LogP contribution in [0, 0.1) is 0 Å². The smallest absolute Gasteiger partial charge is 0.338 e. The summed E-state index contributed by atoms with van der Waals surface area (Å²) in [6.45, 7) is -0.315. The van der Waals surface area contributed by atoms with E-state index in [-0.39, 0.29) is 17.7 Å². The van der Waals surface area contributed by atoms with Gasteiger partial charge in [-0.25, -0.2) is 14.4 Å². The molecule has 10 nitrogen and oxygen atoms in total. The van der Waals surface area contributed by atoms with Crippen LogP contribution < -0.4 is 5.56 Å². The van der Waals surface area contributed by atoms with Crippen LogP contribution in [0.15, 0.2) is 114 Å². The molecule has 4 atom stereocenters. The van der Waals surface area contributed by atoms with Crippen LogP contribution in [-0.4, -0.2) is 52.4 Å². The lowest BCUT2D eigenvalue weighted by molar-refractivity contribution is -0.0626. The van der Waals surface area contributed by atoms with E-state index >= 15 is 0 Å². The van der Waals surface area contributed by atoms with E-state index in [0.717, 1.165) is 0 Å². The molecule has 40 heavy (non-hydrogen) atoms. The largest absolute Gasteiger partial charge is 0.459 e. The summed E-state index contributed by atoms with van der Waals surface area (Å²) >= 11 is 0. The van der Waals surface area contributed by atoms with Crippen molar-refractivity contribution in [2.75, 3.05) is 6.61 Å². The Morgan fingerprint density at radius 1 is 0.700 bits per heavy atom. The average Bonchev–Trinajstić information content (AvgIpc) is 3.33. The van der Waals surface area contributed by atoms with E-state index in [4.69, 9.17) is 18.9 Å². The predicted octanol–water partition coefficient (Wildman–Crippen LogP) is 3.45. The average molecular weight is 541 g/mol. The summed E-state index contributed by atoms with van der Waals surface area (Å²) in [6.07, 6.45) is -1.82. The number of ether oxygens (including phenoxy) is 4. The van der Waals surface area contributed by atoms with Crippen LogP contribution in [-0.2, 0) is 18.9 Å². The summed E-state index contributed by atoms with van der Waals surface area (Å²) in [5.74, 6) is -1.98. The van der Waals surface area contributed by atoms with Crippen molar-refractivity contribution in [3.8, 4) is 0 Å². The minimum atomic E-state index is -1.19. The molecule has 1 fully saturated rings. The molecule has 5 rings (SSSR count). The van der Waals surface area contributed by atoms with Gasteiger partial charge in [0.1, 0.15) is 19.0 Å². The molecule has 0 amide bonds. The van der Waals surface area contributed by atoms with Gasteiger partial charge in [-0.2, -0.15) is 4.98 Å². The summed E-state index contributed by atoms with van der Waals surface area (Å²) < 4.78 is 24.8. The SMILES string of the molecule is O=C(OC[C@H]1O[C@@H](n2ccc(=O)nc2)[C@H](OC(=O)c2ccccc2)[C@@H]1OC(=O)c1ccccc1)c1ccccc1. The maximum absolute atomic E-state index is 13.1. The molecule has 3 aromatic carbocycles. The first-order chi connectivity index (χ1) is 19.5. The van der Waals surface area contributed by atoms with Gasteiger partial charge < -0.3 is 23.5 Å². The third-order valence-corrected chi connectivity index (χ3v) is 6.18. The Bertz CT molecular complexity index is 1510. The molecule has 0 spiro atoms. The molecule has 0 radical (unpaired) electrons. The minimum Gasteiger partial charge on any atom is -0.459 e. The Labute approximate surface area is 228 Å². The molecule has 1 aliphatic rings. The van der Waals surface area contributed by atoms with Gasteiger partial charge in [0.05, 0.1) is 16.7 Å². The van der Waals surface area contributed by atoms with Crippen LogP contribution >= 0.6 is 0 Å². The number of rotatable bonds is 8. The lowest BCUT2D eigenvalue weighted by Crippen LogP contribution is -2.41. The monoisotopic (exact) mass is 540 g/mol. The lowest BCUT2D eigenvalue weighted by atomic mass is 10.1. The van der Waals surface area contributed by atoms with Crippen molar-refractivity contribution >= 4 is 17.9 Å². The molecule has 2 heterocycles. The molecular weight excluding hydrogens is 516 g/mol. The molecule has 1 aromatic heterocycles. The second-order valence-electron chi connectivity index (χ2n) is 8.85. The van der Waals surface area contributed by atoms with Crippen molar-refractivity contribution in [3.05, 3.63) is 137 Å². The minimum absolute atomic E-state index is 0.268. The predicted molar refractivity (Wildman–Crippen MR) is 140 cm³/mol. The third-order valence-electron chi connectivity index (χ3n) is 6.18. The normalized spacial score (nSPS) is 19.9. The van der Waals surface area contributed by atoms with E-state index in [0.29, 0.717) is 5.56 Å². The number of carbonyl (C=O) groups excluding carboxylic acids is 3. The molecule has 0 N–H and O–H groups in total. The van der Waals surface area contributed by atoms with Crippen LogP contribution in [0.3, 0.4) is 0 Å². The Morgan fingerprint density at radius 3 is 1.70 bits per heavy atom. The van der Waals surface area contributed by atoms with Crippen LogP contribution in [0.25, 0.3) is 0 Å². The number of hydrogen-bond donors (Lipinski definition) is 0. The fraction of sp³-hybridized carbons (Fsp3) is 0.167. The summed E-state index contributed by atoms with van der Waals surface area (Å²) in [7, 11) is 0. The van der Waals surface area contributed by atoms with Crippen molar-refractivity contribution in [1.82, 2.24) is 9.55 Å². The maximum Gasteiger partial charge on any atom is 0.338 e. The number of carbonyl (C=O) groups is 3. The van der Waals surface area contributed by atoms with Crippen molar-refractivity contribution in [1.29, 1.82) is 0 Å². The maximum atomic E-state index is 13.1.